The predicted molar refractivity (Wildman–Crippen MR) is 64.1 cm³/mol. The van der Waals surface area contributed by atoms with Gasteiger partial charge in [0, 0.05) is 11.0 Å². The summed E-state index contributed by atoms with van der Waals surface area (Å²) in [5.74, 6) is 0. The maximum Gasteiger partial charge on any atom is 0.240 e. The number of sulfonamides is 1. The highest BCUT2D eigenvalue weighted by molar-refractivity contribution is 9.10. The Hall–Kier alpha value is -0.650. The first-order valence-corrected chi connectivity index (χ1v) is 6.70. The van der Waals surface area contributed by atoms with Gasteiger partial charge in [0.2, 0.25) is 10.0 Å². The summed E-state index contributed by atoms with van der Waals surface area (Å²) in [5, 5.41) is 0. The van der Waals surface area contributed by atoms with E-state index in [1.54, 1.807) is 30.3 Å². The third-order valence-corrected chi connectivity index (χ3v) is 3.70. The van der Waals surface area contributed by atoms with E-state index in [0.29, 0.717) is 13.0 Å². The van der Waals surface area contributed by atoms with Crippen molar-refractivity contribution < 1.29 is 8.42 Å². The van der Waals surface area contributed by atoms with Crippen molar-refractivity contribution in [3.05, 3.63) is 41.4 Å². The third-order valence-electron chi connectivity index (χ3n) is 1.75. The van der Waals surface area contributed by atoms with Crippen LogP contribution in [0.3, 0.4) is 0 Å². The van der Waals surface area contributed by atoms with Crippen LogP contribution in [-0.2, 0) is 10.0 Å². The average molecular weight is 290 g/mol. The van der Waals surface area contributed by atoms with Crippen LogP contribution in [0.4, 0.5) is 0 Å². The van der Waals surface area contributed by atoms with Crippen molar-refractivity contribution in [2.75, 3.05) is 6.54 Å². The molecule has 0 atom stereocenters. The van der Waals surface area contributed by atoms with Gasteiger partial charge in [-0.15, -0.1) is 6.58 Å². The van der Waals surface area contributed by atoms with Gasteiger partial charge in [-0.05, 0) is 24.6 Å². The van der Waals surface area contributed by atoms with Crippen LogP contribution < -0.4 is 4.72 Å². The van der Waals surface area contributed by atoms with E-state index >= 15 is 0 Å². The lowest BCUT2D eigenvalue weighted by atomic mass is 10.4. The van der Waals surface area contributed by atoms with Crippen molar-refractivity contribution in [3.63, 3.8) is 0 Å². The van der Waals surface area contributed by atoms with E-state index in [1.165, 1.54) is 0 Å². The van der Waals surface area contributed by atoms with E-state index in [9.17, 15) is 8.42 Å². The Morgan fingerprint density at radius 1 is 1.47 bits per heavy atom. The summed E-state index contributed by atoms with van der Waals surface area (Å²) >= 11 is 3.23. The Bertz CT molecular complexity index is 442. The zero-order valence-electron chi connectivity index (χ0n) is 8.11. The standard InChI is InChI=1S/C10H12BrNO2S/c1-2-3-7-12-15(13,14)10-6-4-5-9(11)8-10/h2,4-6,8,12H,1,3,7H2. The summed E-state index contributed by atoms with van der Waals surface area (Å²) in [6, 6.07) is 6.59. The SMILES string of the molecule is C=CCCNS(=O)(=O)c1cccc(Br)c1. The van der Waals surface area contributed by atoms with Crippen molar-refractivity contribution in [2.24, 2.45) is 0 Å². The Kier molecular flexibility index (Phi) is 4.50. The second kappa shape index (κ2) is 5.44. The van der Waals surface area contributed by atoms with Gasteiger partial charge < -0.3 is 0 Å². The molecule has 0 unspecified atom stereocenters. The summed E-state index contributed by atoms with van der Waals surface area (Å²) in [5.41, 5.74) is 0. The molecule has 1 aromatic carbocycles. The van der Waals surface area contributed by atoms with Gasteiger partial charge in [-0.25, -0.2) is 13.1 Å². The highest BCUT2D eigenvalue weighted by atomic mass is 79.9. The van der Waals surface area contributed by atoms with Crippen LogP contribution in [0.1, 0.15) is 6.42 Å². The molecule has 0 saturated carbocycles. The van der Waals surface area contributed by atoms with Crippen LogP contribution in [0.5, 0.6) is 0 Å². The van der Waals surface area contributed by atoms with Gasteiger partial charge in [-0.3, -0.25) is 0 Å². The second-order valence-electron chi connectivity index (χ2n) is 2.93. The van der Waals surface area contributed by atoms with Gasteiger partial charge in [0.1, 0.15) is 0 Å². The first-order chi connectivity index (χ1) is 7.06. The molecule has 5 heteroatoms. The predicted octanol–water partition coefficient (Wildman–Crippen LogP) is 2.30. The summed E-state index contributed by atoms with van der Waals surface area (Å²) in [6.45, 7) is 3.90. The van der Waals surface area contributed by atoms with Crippen molar-refractivity contribution in [3.8, 4) is 0 Å². The van der Waals surface area contributed by atoms with Gasteiger partial charge >= 0.3 is 0 Å². The molecule has 0 heterocycles. The van der Waals surface area contributed by atoms with Gasteiger partial charge in [0.15, 0.2) is 0 Å². The molecule has 0 aliphatic rings. The molecule has 0 saturated heterocycles. The molecule has 0 aliphatic carbocycles. The number of hydrogen-bond donors (Lipinski definition) is 1. The molecule has 0 amide bonds. The maximum atomic E-state index is 11.7. The minimum Gasteiger partial charge on any atom is -0.211 e. The van der Waals surface area contributed by atoms with E-state index in [0.717, 1.165) is 4.47 Å². The molecule has 0 aliphatic heterocycles. The first kappa shape index (κ1) is 12.4. The summed E-state index contributed by atoms with van der Waals surface area (Å²) < 4.78 is 26.6. The van der Waals surface area contributed by atoms with Crippen molar-refractivity contribution in [2.45, 2.75) is 11.3 Å². The summed E-state index contributed by atoms with van der Waals surface area (Å²) in [7, 11) is -3.38. The molecule has 0 spiro atoms. The molecular weight excluding hydrogens is 278 g/mol. The lowest BCUT2D eigenvalue weighted by Crippen LogP contribution is -2.24. The number of halogens is 1. The third kappa shape index (κ3) is 3.77. The Balaban J connectivity index is 2.82. The number of rotatable bonds is 5. The smallest absolute Gasteiger partial charge is 0.211 e. The van der Waals surface area contributed by atoms with Gasteiger partial charge in [-0.1, -0.05) is 28.1 Å². The highest BCUT2D eigenvalue weighted by Crippen LogP contribution is 2.15. The van der Waals surface area contributed by atoms with Crippen LogP contribution in [0.25, 0.3) is 0 Å². The number of hydrogen-bond acceptors (Lipinski definition) is 2. The molecule has 0 aromatic heterocycles. The van der Waals surface area contributed by atoms with Gasteiger partial charge in [0.05, 0.1) is 4.90 Å². The lowest BCUT2D eigenvalue weighted by molar-refractivity contribution is 0.582. The summed E-state index contributed by atoms with van der Waals surface area (Å²) in [4.78, 5) is 0.265. The highest BCUT2D eigenvalue weighted by Gasteiger charge is 2.12. The maximum absolute atomic E-state index is 11.7. The minimum absolute atomic E-state index is 0.265. The number of benzene rings is 1. The lowest BCUT2D eigenvalue weighted by Gasteiger charge is -2.05. The molecule has 1 aromatic rings. The van der Waals surface area contributed by atoms with E-state index in [-0.39, 0.29) is 4.90 Å². The second-order valence-corrected chi connectivity index (χ2v) is 5.62. The van der Waals surface area contributed by atoms with E-state index in [2.05, 4.69) is 27.2 Å². The fourth-order valence-corrected chi connectivity index (χ4v) is 2.66. The van der Waals surface area contributed by atoms with E-state index in [1.807, 2.05) is 0 Å². The molecule has 1 rings (SSSR count). The van der Waals surface area contributed by atoms with Crippen LogP contribution in [0.2, 0.25) is 0 Å². The van der Waals surface area contributed by atoms with Crippen molar-refractivity contribution in [1.82, 2.24) is 4.72 Å². The minimum atomic E-state index is -3.38. The monoisotopic (exact) mass is 289 g/mol. The zero-order chi connectivity index (χ0) is 11.3. The van der Waals surface area contributed by atoms with E-state index in [4.69, 9.17) is 0 Å². The van der Waals surface area contributed by atoms with Crippen LogP contribution in [0.15, 0.2) is 46.3 Å². The fraction of sp³-hybridized carbons (Fsp3) is 0.200. The molecule has 0 radical (unpaired) electrons. The van der Waals surface area contributed by atoms with Crippen molar-refractivity contribution in [1.29, 1.82) is 0 Å². The topological polar surface area (TPSA) is 46.2 Å². The van der Waals surface area contributed by atoms with Crippen LogP contribution >= 0.6 is 15.9 Å². The van der Waals surface area contributed by atoms with E-state index < -0.39 is 10.0 Å². The Morgan fingerprint density at radius 3 is 2.80 bits per heavy atom. The van der Waals surface area contributed by atoms with Crippen LogP contribution in [-0.4, -0.2) is 15.0 Å². The molecule has 15 heavy (non-hydrogen) atoms. The Morgan fingerprint density at radius 2 is 2.20 bits per heavy atom. The molecule has 3 nitrogen and oxygen atoms in total. The molecule has 0 bridgehead atoms. The largest absolute Gasteiger partial charge is 0.240 e. The normalized spacial score (nSPS) is 11.3. The molecular formula is C10H12BrNO2S. The molecule has 0 fully saturated rings. The molecule has 1 N–H and O–H groups in total. The van der Waals surface area contributed by atoms with Crippen molar-refractivity contribution >= 4 is 26.0 Å². The first-order valence-electron chi connectivity index (χ1n) is 4.42. The van der Waals surface area contributed by atoms with Gasteiger partial charge in [0.25, 0.3) is 0 Å². The summed E-state index contributed by atoms with van der Waals surface area (Å²) in [6.07, 6.45) is 2.29. The van der Waals surface area contributed by atoms with Gasteiger partial charge in [-0.2, -0.15) is 0 Å². The average Bonchev–Trinajstić information content (AvgIpc) is 2.18. The quantitative estimate of drug-likeness (QED) is 0.668. The Labute approximate surface area is 98.4 Å². The van der Waals surface area contributed by atoms with Crippen LogP contribution in [0, 0.1) is 0 Å². The zero-order valence-corrected chi connectivity index (χ0v) is 10.5. The number of nitrogens with one attached hydrogen (secondary N) is 1. The fourth-order valence-electron chi connectivity index (χ4n) is 1.01. The molecule has 82 valence electrons.